The van der Waals surface area contributed by atoms with Crippen LogP contribution in [0.4, 0.5) is 0 Å². The van der Waals surface area contributed by atoms with Gasteiger partial charge in [0.05, 0.1) is 11.2 Å². The maximum Gasteiger partial charge on any atom is 0.338 e. The number of rotatable bonds is 4. The molecule has 1 aromatic rings. The van der Waals surface area contributed by atoms with Crippen LogP contribution in [0.5, 0.6) is 0 Å². The first kappa shape index (κ1) is 14.5. The van der Waals surface area contributed by atoms with Crippen LogP contribution in [0.1, 0.15) is 33.8 Å². The van der Waals surface area contributed by atoms with Crippen LogP contribution in [-0.2, 0) is 4.74 Å². The van der Waals surface area contributed by atoms with Crippen molar-refractivity contribution in [2.75, 3.05) is 26.8 Å². The molecule has 110 valence electrons. The molecule has 1 amide bonds. The van der Waals surface area contributed by atoms with Gasteiger partial charge in [-0.1, -0.05) is 0 Å². The number of likely N-dealkylation sites (N-methyl/N-ethyl adjacent to an activating group) is 1. The van der Waals surface area contributed by atoms with Gasteiger partial charge in [0.25, 0.3) is 5.91 Å². The Bertz CT molecular complexity index is 503. The van der Waals surface area contributed by atoms with Crippen LogP contribution < -0.4 is 0 Å². The molecule has 0 unspecified atom stereocenters. The van der Waals surface area contributed by atoms with Crippen LogP contribution >= 0.6 is 0 Å². The van der Waals surface area contributed by atoms with E-state index in [2.05, 4.69) is 0 Å². The van der Waals surface area contributed by atoms with Gasteiger partial charge in [0, 0.05) is 45.7 Å². The molecule has 20 heavy (non-hydrogen) atoms. The first-order valence-electron chi connectivity index (χ1n) is 6.29. The molecular formula is C13H17NO6. The minimum atomic E-state index is -1.15. The van der Waals surface area contributed by atoms with Crippen molar-refractivity contribution in [1.82, 2.24) is 4.90 Å². The summed E-state index contributed by atoms with van der Waals surface area (Å²) in [5.41, 5.74) is -1.04. The van der Waals surface area contributed by atoms with Crippen LogP contribution in [-0.4, -0.2) is 59.4 Å². The summed E-state index contributed by atoms with van der Waals surface area (Å²) in [6.45, 7) is 1.07. The Morgan fingerprint density at radius 1 is 1.40 bits per heavy atom. The quantitative estimate of drug-likeness (QED) is 0.839. The number of carboxylic acid groups (broad SMARTS) is 1. The predicted molar refractivity (Wildman–Crippen MR) is 67.6 cm³/mol. The first-order valence-corrected chi connectivity index (χ1v) is 6.29. The average Bonchev–Trinajstić information content (AvgIpc) is 2.87. The van der Waals surface area contributed by atoms with Gasteiger partial charge in [0.2, 0.25) is 0 Å². The van der Waals surface area contributed by atoms with E-state index in [0.717, 1.165) is 6.26 Å². The second kappa shape index (κ2) is 5.64. The van der Waals surface area contributed by atoms with Gasteiger partial charge < -0.3 is 24.3 Å². The second-order valence-corrected chi connectivity index (χ2v) is 5.00. The average molecular weight is 283 g/mol. The topological polar surface area (TPSA) is 100 Å². The highest BCUT2D eigenvalue weighted by Gasteiger charge is 2.33. The fraction of sp³-hybridized carbons (Fsp3) is 0.538. The number of ether oxygens (including phenoxy) is 1. The Morgan fingerprint density at radius 3 is 2.60 bits per heavy atom. The van der Waals surface area contributed by atoms with Crippen LogP contribution in [0.2, 0.25) is 0 Å². The fourth-order valence-corrected chi connectivity index (χ4v) is 2.17. The zero-order chi connectivity index (χ0) is 14.8. The van der Waals surface area contributed by atoms with E-state index in [9.17, 15) is 14.7 Å². The molecule has 0 radical (unpaired) electrons. The van der Waals surface area contributed by atoms with Gasteiger partial charge in [-0.15, -0.1) is 0 Å². The molecule has 1 aliphatic heterocycles. The molecule has 2 heterocycles. The summed E-state index contributed by atoms with van der Waals surface area (Å²) in [6, 6.07) is 1.18. The monoisotopic (exact) mass is 283 g/mol. The van der Waals surface area contributed by atoms with Crippen LogP contribution in [0.25, 0.3) is 0 Å². The van der Waals surface area contributed by atoms with E-state index in [4.69, 9.17) is 14.3 Å². The maximum atomic E-state index is 12.1. The van der Waals surface area contributed by atoms with E-state index in [1.54, 1.807) is 7.05 Å². The van der Waals surface area contributed by atoms with Crippen molar-refractivity contribution in [2.45, 2.75) is 18.4 Å². The smallest absolute Gasteiger partial charge is 0.338 e. The lowest BCUT2D eigenvalue weighted by molar-refractivity contribution is -0.0736. The minimum absolute atomic E-state index is 0.0550. The molecule has 7 nitrogen and oxygen atoms in total. The molecule has 1 aliphatic rings. The van der Waals surface area contributed by atoms with Crippen molar-refractivity contribution in [2.24, 2.45) is 0 Å². The van der Waals surface area contributed by atoms with Crippen LogP contribution in [0.3, 0.4) is 0 Å². The highest BCUT2D eigenvalue weighted by atomic mass is 16.5. The van der Waals surface area contributed by atoms with Crippen LogP contribution in [0, 0.1) is 0 Å². The standard InChI is InChI=1S/C13H17NO6/c1-14(8-13(18)2-4-19-5-3-13)11(15)10-6-9(7-20-10)12(16)17/h6-7,18H,2-5,8H2,1H3,(H,16,17). The van der Waals surface area contributed by atoms with E-state index in [1.165, 1.54) is 11.0 Å². The summed E-state index contributed by atoms with van der Waals surface area (Å²) in [7, 11) is 1.54. The van der Waals surface area contributed by atoms with Crippen molar-refractivity contribution in [3.63, 3.8) is 0 Å². The Morgan fingerprint density at radius 2 is 2.05 bits per heavy atom. The summed E-state index contributed by atoms with van der Waals surface area (Å²) in [6.07, 6.45) is 1.94. The van der Waals surface area contributed by atoms with Gasteiger partial charge in [-0.05, 0) is 0 Å². The normalized spacial score (nSPS) is 17.7. The molecule has 0 spiro atoms. The number of carboxylic acids is 1. The highest BCUT2D eigenvalue weighted by Crippen LogP contribution is 2.22. The van der Waals surface area contributed by atoms with Gasteiger partial charge in [0.1, 0.15) is 6.26 Å². The van der Waals surface area contributed by atoms with Crippen molar-refractivity contribution in [3.8, 4) is 0 Å². The summed E-state index contributed by atoms with van der Waals surface area (Å²) >= 11 is 0. The number of furan rings is 1. The highest BCUT2D eigenvalue weighted by molar-refractivity contribution is 5.95. The van der Waals surface area contributed by atoms with Gasteiger partial charge in [0.15, 0.2) is 5.76 Å². The predicted octanol–water partition coefficient (Wildman–Crippen LogP) is 0.591. The molecule has 0 aromatic carbocycles. The van der Waals surface area contributed by atoms with Gasteiger partial charge in [-0.25, -0.2) is 4.79 Å². The molecule has 0 bridgehead atoms. The number of carbonyl (C=O) groups excluding carboxylic acids is 1. The second-order valence-electron chi connectivity index (χ2n) is 5.00. The van der Waals surface area contributed by atoms with Crippen molar-refractivity contribution in [1.29, 1.82) is 0 Å². The van der Waals surface area contributed by atoms with E-state index in [0.29, 0.717) is 26.1 Å². The van der Waals surface area contributed by atoms with Crippen molar-refractivity contribution >= 4 is 11.9 Å². The largest absolute Gasteiger partial charge is 0.478 e. The zero-order valence-electron chi connectivity index (χ0n) is 11.2. The summed E-state index contributed by atoms with van der Waals surface area (Å²) < 4.78 is 10.1. The Hall–Kier alpha value is -1.86. The third-order valence-electron chi connectivity index (χ3n) is 3.36. The summed E-state index contributed by atoms with van der Waals surface area (Å²) in [4.78, 5) is 24.2. The molecule has 2 N–H and O–H groups in total. The number of carbonyl (C=O) groups is 2. The van der Waals surface area contributed by atoms with E-state index >= 15 is 0 Å². The summed E-state index contributed by atoms with van der Waals surface area (Å²) in [5, 5.41) is 19.1. The summed E-state index contributed by atoms with van der Waals surface area (Å²) in [5.74, 6) is -1.67. The number of hydrogen-bond donors (Lipinski definition) is 2. The lowest BCUT2D eigenvalue weighted by Gasteiger charge is -2.35. The first-order chi connectivity index (χ1) is 9.41. The molecule has 1 fully saturated rings. The Kier molecular flexibility index (Phi) is 4.10. The molecular weight excluding hydrogens is 266 g/mol. The number of aliphatic hydroxyl groups is 1. The number of nitrogens with zero attached hydrogens (tertiary/aromatic N) is 1. The van der Waals surface area contributed by atoms with Gasteiger partial charge in [-0.3, -0.25) is 4.79 Å². The zero-order valence-corrected chi connectivity index (χ0v) is 11.2. The molecule has 0 atom stereocenters. The minimum Gasteiger partial charge on any atom is -0.478 e. The van der Waals surface area contributed by atoms with Gasteiger partial charge in [-0.2, -0.15) is 0 Å². The van der Waals surface area contributed by atoms with Crippen molar-refractivity contribution < 1.29 is 29.0 Å². The van der Waals surface area contributed by atoms with Crippen molar-refractivity contribution in [3.05, 3.63) is 23.7 Å². The number of aromatic carboxylic acids is 1. The fourth-order valence-electron chi connectivity index (χ4n) is 2.17. The number of amides is 1. The van der Waals surface area contributed by atoms with E-state index < -0.39 is 17.5 Å². The third-order valence-corrected chi connectivity index (χ3v) is 3.36. The Balaban J connectivity index is 2.02. The third kappa shape index (κ3) is 3.17. The molecule has 1 saturated heterocycles. The molecule has 0 aliphatic carbocycles. The lowest BCUT2D eigenvalue weighted by Crippen LogP contribution is -2.47. The number of hydrogen-bond acceptors (Lipinski definition) is 5. The SMILES string of the molecule is CN(CC1(O)CCOCC1)C(=O)c1cc(C(=O)O)co1. The lowest BCUT2D eigenvalue weighted by atomic mass is 9.94. The van der Waals surface area contributed by atoms with Crippen LogP contribution in [0.15, 0.2) is 16.7 Å². The van der Waals surface area contributed by atoms with E-state index in [-0.39, 0.29) is 17.9 Å². The van der Waals surface area contributed by atoms with Gasteiger partial charge >= 0.3 is 5.97 Å². The molecule has 2 rings (SSSR count). The maximum absolute atomic E-state index is 12.1. The molecule has 7 heteroatoms. The molecule has 0 saturated carbocycles. The van der Waals surface area contributed by atoms with E-state index in [1.807, 2.05) is 0 Å². The molecule has 1 aromatic heterocycles. The Labute approximate surface area is 115 Å².